The zero-order chi connectivity index (χ0) is 8.32. The van der Waals surface area contributed by atoms with E-state index in [0.29, 0.717) is 0 Å². The van der Waals surface area contributed by atoms with Gasteiger partial charge in [0, 0.05) is 18.1 Å². The van der Waals surface area contributed by atoms with Gasteiger partial charge < -0.3 is 11.1 Å². The molecule has 0 aliphatic heterocycles. The van der Waals surface area contributed by atoms with Gasteiger partial charge in [-0.05, 0) is 25.7 Å². The van der Waals surface area contributed by atoms with Crippen LogP contribution in [0.25, 0.3) is 0 Å². The molecule has 0 saturated heterocycles. The lowest BCUT2D eigenvalue weighted by Crippen LogP contribution is -2.48. The molecule has 0 aromatic heterocycles. The molecule has 0 aromatic carbocycles. The van der Waals surface area contributed by atoms with Gasteiger partial charge in [0.15, 0.2) is 0 Å². The number of nitrogens with one attached hydrogen (secondary N) is 1. The molecule has 66 valence electrons. The summed E-state index contributed by atoms with van der Waals surface area (Å²) >= 11 is 0. The van der Waals surface area contributed by atoms with Crippen molar-refractivity contribution in [3.63, 3.8) is 0 Å². The predicted octanol–water partition coefficient (Wildman–Crippen LogP) is 1.26. The van der Waals surface area contributed by atoms with E-state index in [-0.39, 0.29) is 5.54 Å². The van der Waals surface area contributed by atoms with Crippen LogP contribution in [0.2, 0.25) is 0 Å². The molecule has 0 bridgehead atoms. The molecule has 0 amide bonds. The second kappa shape index (κ2) is 3.55. The van der Waals surface area contributed by atoms with Crippen molar-refractivity contribution in [2.45, 2.75) is 51.1 Å². The third-order valence-corrected chi connectivity index (χ3v) is 2.73. The summed E-state index contributed by atoms with van der Waals surface area (Å²) in [5.74, 6) is 0. The van der Waals surface area contributed by atoms with Crippen molar-refractivity contribution in [2.24, 2.45) is 5.73 Å². The fourth-order valence-corrected chi connectivity index (χ4v) is 1.14. The molecular formula is C9H20N2. The molecule has 3 N–H and O–H groups in total. The molecule has 0 aromatic rings. The van der Waals surface area contributed by atoms with E-state index in [0.717, 1.165) is 25.4 Å². The number of nitrogens with two attached hydrogens (primary N) is 1. The first-order valence-corrected chi connectivity index (χ1v) is 4.72. The molecule has 1 rings (SSSR count). The van der Waals surface area contributed by atoms with Gasteiger partial charge in [0.2, 0.25) is 0 Å². The molecule has 0 atom stereocenters. The molecule has 1 fully saturated rings. The summed E-state index contributed by atoms with van der Waals surface area (Å²) in [7, 11) is 0. The van der Waals surface area contributed by atoms with Crippen LogP contribution in [-0.4, -0.2) is 18.1 Å². The van der Waals surface area contributed by atoms with Gasteiger partial charge in [0.05, 0.1) is 0 Å². The topological polar surface area (TPSA) is 38.0 Å². The zero-order valence-electron chi connectivity index (χ0n) is 7.69. The first kappa shape index (κ1) is 9.01. The summed E-state index contributed by atoms with van der Waals surface area (Å²) in [4.78, 5) is 0. The van der Waals surface area contributed by atoms with Crippen LogP contribution in [0.15, 0.2) is 0 Å². The lowest BCUT2D eigenvalue weighted by molar-refractivity contribution is 0.368. The molecule has 2 heteroatoms. The monoisotopic (exact) mass is 156 g/mol. The van der Waals surface area contributed by atoms with Crippen LogP contribution in [0.5, 0.6) is 0 Å². The maximum absolute atomic E-state index is 6.11. The molecule has 0 unspecified atom stereocenters. The van der Waals surface area contributed by atoms with Crippen LogP contribution >= 0.6 is 0 Å². The Kier molecular flexibility index (Phi) is 2.90. The minimum absolute atomic E-state index is 0.0442. The van der Waals surface area contributed by atoms with E-state index in [1.54, 1.807) is 0 Å². The minimum atomic E-state index is 0.0442. The van der Waals surface area contributed by atoms with Crippen molar-refractivity contribution in [1.82, 2.24) is 5.32 Å². The molecule has 1 saturated carbocycles. The van der Waals surface area contributed by atoms with Gasteiger partial charge in [-0.2, -0.15) is 0 Å². The van der Waals surface area contributed by atoms with E-state index in [1.165, 1.54) is 12.8 Å². The van der Waals surface area contributed by atoms with Gasteiger partial charge >= 0.3 is 0 Å². The predicted molar refractivity (Wildman–Crippen MR) is 48.5 cm³/mol. The number of rotatable bonds is 5. The Labute approximate surface area is 69.5 Å². The van der Waals surface area contributed by atoms with E-state index < -0.39 is 0 Å². The normalized spacial score (nSPS) is 18.8. The standard InChI is InChI=1S/C9H20N2/c1-3-9(10,4-2)7-11-8-5-6-8/h8,11H,3-7,10H2,1-2H3. The van der Waals surface area contributed by atoms with Gasteiger partial charge in [0.25, 0.3) is 0 Å². The van der Waals surface area contributed by atoms with Crippen LogP contribution in [-0.2, 0) is 0 Å². The largest absolute Gasteiger partial charge is 0.324 e. The summed E-state index contributed by atoms with van der Waals surface area (Å²) in [6, 6.07) is 0.788. The zero-order valence-corrected chi connectivity index (χ0v) is 7.69. The van der Waals surface area contributed by atoms with Crippen LogP contribution < -0.4 is 11.1 Å². The first-order chi connectivity index (χ1) is 5.20. The smallest absolute Gasteiger partial charge is 0.0275 e. The van der Waals surface area contributed by atoms with Crippen LogP contribution in [0.4, 0.5) is 0 Å². The average Bonchev–Trinajstić information content (AvgIpc) is 2.83. The van der Waals surface area contributed by atoms with Crippen molar-refractivity contribution in [3.05, 3.63) is 0 Å². The van der Waals surface area contributed by atoms with Crippen molar-refractivity contribution < 1.29 is 0 Å². The highest BCUT2D eigenvalue weighted by atomic mass is 15.0. The summed E-state index contributed by atoms with van der Waals surface area (Å²) in [6.45, 7) is 5.32. The lowest BCUT2D eigenvalue weighted by atomic mass is 9.94. The average molecular weight is 156 g/mol. The number of hydrogen-bond acceptors (Lipinski definition) is 2. The van der Waals surface area contributed by atoms with Gasteiger partial charge in [-0.3, -0.25) is 0 Å². The molecule has 0 heterocycles. The van der Waals surface area contributed by atoms with Gasteiger partial charge in [-0.25, -0.2) is 0 Å². The Hall–Kier alpha value is -0.0800. The summed E-state index contributed by atoms with van der Waals surface area (Å²) in [5.41, 5.74) is 6.15. The fraction of sp³-hybridized carbons (Fsp3) is 1.00. The maximum atomic E-state index is 6.11. The summed E-state index contributed by atoms with van der Waals surface area (Å²) < 4.78 is 0. The maximum Gasteiger partial charge on any atom is 0.0275 e. The van der Waals surface area contributed by atoms with E-state index in [2.05, 4.69) is 19.2 Å². The van der Waals surface area contributed by atoms with Gasteiger partial charge in [-0.1, -0.05) is 13.8 Å². The Morgan fingerprint density at radius 2 is 1.91 bits per heavy atom. The van der Waals surface area contributed by atoms with Crippen LogP contribution in [0.1, 0.15) is 39.5 Å². The first-order valence-electron chi connectivity index (χ1n) is 4.72. The second-order valence-electron chi connectivity index (χ2n) is 3.72. The van der Waals surface area contributed by atoms with Crippen LogP contribution in [0.3, 0.4) is 0 Å². The number of hydrogen-bond donors (Lipinski definition) is 2. The third kappa shape index (κ3) is 2.80. The van der Waals surface area contributed by atoms with Gasteiger partial charge in [0.1, 0.15) is 0 Å². The molecule has 2 nitrogen and oxygen atoms in total. The third-order valence-electron chi connectivity index (χ3n) is 2.73. The highest BCUT2D eigenvalue weighted by molar-refractivity contribution is 4.89. The van der Waals surface area contributed by atoms with Crippen molar-refractivity contribution in [2.75, 3.05) is 6.54 Å². The molecule has 1 aliphatic carbocycles. The fourth-order valence-electron chi connectivity index (χ4n) is 1.14. The Morgan fingerprint density at radius 1 is 1.36 bits per heavy atom. The Bertz CT molecular complexity index is 115. The van der Waals surface area contributed by atoms with Crippen molar-refractivity contribution in [3.8, 4) is 0 Å². The van der Waals surface area contributed by atoms with Crippen LogP contribution in [0, 0.1) is 0 Å². The summed E-state index contributed by atoms with van der Waals surface area (Å²) in [6.07, 6.45) is 4.85. The highest BCUT2D eigenvalue weighted by Crippen LogP contribution is 2.20. The van der Waals surface area contributed by atoms with E-state index >= 15 is 0 Å². The lowest BCUT2D eigenvalue weighted by Gasteiger charge is -2.26. The Morgan fingerprint density at radius 3 is 2.27 bits per heavy atom. The molecule has 0 spiro atoms. The molecular weight excluding hydrogens is 136 g/mol. The highest BCUT2D eigenvalue weighted by Gasteiger charge is 2.25. The van der Waals surface area contributed by atoms with Gasteiger partial charge in [-0.15, -0.1) is 0 Å². The van der Waals surface area contributed by atoms with E-state index in [1.807, 2.05) is 0 Å². The second-order valence-corrected chi connectivity index (χ2v) is 3.72. The molecule has 11 heavy (non-hydrogen) atoms. The minimum Gasteiger partial charge on any atom is -0.324 e. The quantitative estimate of drug-likeness (QED) is 0.629. The van der Waals surface area contributed by atoms with Crippen molar-refractivity contribution >= 4 is 0 Å². The Balaban J connectivity index is 2.18. The molecule has 0 radical (unpaired) electrons. The molecule has 1 aliphatic rings. The van der Waals surface area contributed by atoms with E-state index in [9.17, 15) is 0 Å². The SMILES string of the molecule is CCC(N)(CC)CNC1CC1. The van der Waals surface area contributed by atoms with E-state index in [4.69, 9.17) is 5.73 Å². The van der Waals surface area contributed by atoms with Crippen molar-refractivity contribution in [1.29, 1.82) is 0 Å². The summed E-state index contributed by atoms with van der Waals surface area (Å²) in [5, 5.41) is 3.47.